The number of hydrogen-bond acceptors (Lipinski definition) is 1. The van der Waals surface area contributed by atoms with Gasteiger partial charge in [0.05, 0.1) is 0 Å². The number of fused-ring (bicyclic) bond motifs is 1. The van der Waals surface area contributed by atoms with Crippen LogP contribution in [0.15, 0.2) is 17.0 Å². The SMILES string of the molecule is CSc1cc(C)c2c(c1)CCCC2. The van der Waals surface area contributed by atoms with E-state index in [0.29, 0.717) is 0 Å². The Morgan fingerprint density at radius 1 is 1.15 bits per heavy atom. The van der Waals surface area contributed by atoms with Crippen LogP contribution in [0.5, 0.6) is 0 Å². The fourth-order valence-corrected chi connectivity index (χ4v) is 2.72. The van der Waals surface area contributed by atoms with Crippen LogP contribution in [0.2, 0.25) is 0 Å². The molecule has 0 fully saturated rings. The number of rotatable bonds is 1. The summed E-state index contributed by atoms with van der Waals surface area (Å²) in [7, 11) is 0. The molecule has 1 aromatic carbocycles. The number of thioether (sulfide) groups is 1. The lowest BCUT2D eigenvalue weighted by Crippen LogP contribution is -2.04. The Hall–Kier alpha value is -0.430. The van der Waals surface area contributed by atoms with Gasteiger partial charge in [-0.3, -0.25) is 0 Å². The van der Waals surface area contributed by atoms with Crippen molar-refractivity contribution in [1.82, 2.24) is 0 Å². The average molecular weight is 192 g/mol. The van der Waals surface area contributed by atoms with Gasteiger partial charge in [0.25, 0.3) is 0 Å². The minimum atomic E-state index is 1.30. The van der Waals surface area contributed by atoms with Crippen molar-refractivity contribution in [2.45, 2.75) is 37.5 Å². The first kappa shape index (κ1) is 9.14. The van der Waals surface area contributed by atoms with Crippen molar-refractivity contribution in [3.63, 3.8) is 0 Å². The summed E-state index contributed by atoms with van der Waals surface area (Å²) < 4.78 is 0. The molecule has 0 heterocycles. The van der Waals surface area contributed by atoms with Gasteiger partial charge in [0.15, 0.2) is 0 Å². The Morgan fingerprint density at radius 2 is 1.92 bits per heavy atom. The van der Waals surface area contributed by atoms with Gasteiger partial charge in [-0.1, -0.05) is 0 Å². The maximum atomic E-state index is 2.38. The highest BCUT2D eigenvalue weighted by Gasteiger charge is 2.11. The van der Waals surface area contributed by atoms with Crippen LogP contribution in [0, 0.1) is 6.92 Å². The largest absolute Gasteiger partial charge is 0.130 e. The molecule has 1 aliphatic rings. The van der Waals surface area contributed by atoms with Gasteiger partial charge in [0.2, 0.25) is 0 Å². The topological polar surface area (TPSA) is 0 Å². The second-order valence-corrected chi connectivity index (χ2v) is 4.67. The zero-order valence-corrected chi connectivity index (χ0v) is 9.21. The quantitative estimate of drug-likeness (QED) is 0.613. The summed E-state index contributed by atoms with van der Waals surface area (Å²) in [6, 6.07) is 4.71. The lowest BCUT2D eigenvalue weighted by Gasteiger charge is -2.18. The standard InChI is InChI=1S/C12H16S/c1-9-7-11(13-2)8-10-5-3-4-6-12(9)10/h7-8H,3-6H2,1-2H3. The van der Waals surface area contributed by atoms with Gasteiger partial charge in [0.1, 0.15) is 0 Å². The third kappa shape index (κ3) is 1.76. The second kappa shape index (κ2) is 3.75. The molecule has 1 aliphatic carbocycles. The van der Waals surface area contributed by atoms with E-state index in [1.165, 1.54) is 36.1 Å². The van der Waals surface area contributed by atoms with Crippen molar-refractivity contribution in [3.05, 3.63) is 28.8 Å². The Balaban J connectivity index is 2.47. The fraction of sp³-hybridized carbons (Fsp3) is 0.500. The van der Waals surface area contributed by atoms with Crippen LogP contribution in [0.25, 0.3) is 0 Å². The predicted octanol–water partition coefficient (Wildman–Crippen LogP) is 3.60. The Labute approximate surface area is 84.7 Å². The third-order valence-corrected chi connectivity index (χ3v) is 3.60. The first-order chi connectivity index (χ1) is 6.31. The molecule has 0 N–H and O–H groups in total. The van der Waals surface area contributed by atoms with Crippen LogP contribution >= 0.6 is 11.8 Å². The number of benzene rings is 1. The van der Waals surface area contributed by atoms with Crippen LogP contribution in [-0.4, -0.2) is 6.26 Å². The molecule has 0 nitrogen and oxygen atoms in total. The van der Waals surface area contributed by atoms with Crippen molar-refractivity contribution >= 4 is 11.8 Å². The van der Waals surface area contributed by atoms with Crippen LogP contribution in [0.3, 0.4) is 0 Å². The van der Waals surface area contributed by atoms with Crippen molar-refractivity contribution in [3.8, 4) is 0 Å². The average Bonchev–Trinajstić information content (AvgIpc) is 2.18. The minimum absolute atomic E-state index is 1.30. The smallest absolute Gasteiger partial charge is 0.00747 e. The molecular weight excluding hydrogens is 176 g/mol. The predicted molar refractivity (Wildman–Crippen MR) is 59.6 cm³/mol. The van der Waals surface area contributed by atoms with E-state index in [9.17, 15) is 0 Å². The minimum Gasteiger partial charge on any atom is -0.130 e. The molecule has 1 aromatic rings. The molecule has 1 heteroatoms. The summed E-state index contributed by atoms with van der Waals surface area (Å²) in [6.07, 6.45) is 7.52. The van der Waals surface area contributed by atoms with Crippen molar-refractivity contribution in [2.24, 2.45) is 0 Å². The molecule has 0 aromatic heterocycles. The summed E-state index contributed by atoms with van der Waals surface area (Å²) in [4.78, 5) is 1.43. The van der Waals surface area contributed by atoms with Crippen LogP contribution in [-0.2, 0) is 12.8 Å². The molecular formula is C12H16S. The van der Waals surface area contributed by atoms with Crippen molar-refractivity contribution < 1.29 is 0 Å². The molecule has 0 bridgehead atoms. The highest BCUT2D eigenvalue weighted by Crippen LogP contribution is 2.28. The summed E-state index contributed by atoms with van der Waals surface area (Å²) >= 11 is 1.86. The van der Waals surface area contributed by atoms with Crippen molar-refractivity contribution in [2.75, 3.05) is 6.26 Å². The molecule has 0 saturated carbocycles. The molecule has 70 valence electrons. The van der Waals surface area contributed by atoms with Gasteiger partial charge in [-0.2, -0.15) is 0 Å². The Kier molecular flexibility index (Phi) is 2.63. The molecule has 0 saturated heterocycles. The first-order valence-corrected chi connectivity index (χ1v) is 6.20. The number of hydrogen-bond donors (Lipinski definition) is 0. The van der Waals surface area contributed by atoms with E-state index in [2.05, 4.69) is 25.3 Å². The molecule has 0 spiro atoms. The highest BCUT2D eigenvalue weighted by atomic mass is 32.2. The first-order valence-electron chi connectivity index (χ1n) is 4.97. The van der Waals surface area contributed by atoms with Gasteiger partial charge in [-0.25, -0.2) is 0 Å². The second-order valence-electron chi connectivity index (χ2n) is 3.79. The molecule has 0 radical (unpaired) electrons. The molecule has 2 rings (SSSR count). The summed E-state index contributed by atoms with van der Waals surface area (Å²) in [5.74, 6) is 0. The lowest BCUT2D eigenvalue weighted by atomic mass is 9.89. The van der Waals surface area contributed by atoms with E-state index in [0.717, 1.165) is 0 Å². The zero-order chi connectivity index (χ0) is 9.26. The lowest BCUT2D eigenvalue weighted by molar-refractivity contribution is 0.680. The zero-order valence-electron chi connectivity index (χ0n) is 8.39. The van der Waals surface area contributed by atoms with Gasteiger partial charge in [-0.15, -0.1) is 11.8 Å². The molecule has 0 unspecified atom stereocenters. The fourth-order valence-electron chi connectivity index (χ4n) is 2.17. The molecule has 0 aliphatic heterocycles. The number of aryl methyl sites for hydroxylation is 2. The maximum Gasteiger partial charge on any atom is 0.00747 e. The molecule has 0 atom stereocenters. The van der Waals surface area contributed by atoms with Crippen LogP contribution in [0.4, 0.5) is 0 Å². The Bertz CT molecular complexity index is 315. The van der Waals surface area contributed by atoms with E-state index in [1.54, 1.807) is 11.1 Å². The molecule has 0 amide bonds. The van der Waals surface area contributed by atoms with Crippen LogP contribution < -0.4 is 0 Å². The van der Waals surface area contributed by atoms with Gasteiger partial charge in [0, 0.05) is 4.90 Å². The Morgan fingerprint density at radius 3 is 2.69 bits per heavy atom. The molecule has 13 heavy (non-hydrogen) atoms. The maximum absolute atomic E-state index is 2.38. The van der Waals surface area contributed by atoms with E-state index in [1.807, 2.05) is 11.8 Å². The van der Waals surface area contributed by atoms with E-state index >= 15 is 0 Å². The highest BCUT2D eigenvalue weighted by molar-refractivity contribution is 7.98. The van der Waals surface area contributed by atoms with Crippen LogP contribution in [0.1, 0.15) is 29.5 Å². The normalized spacial score (nSPS) is 15.5. The summed E-state index contributed by atoms with van der Waals surface area (Å²) in [5.41, 5.74) is 4.74. The van der Waals surface area contributed by atoms with Crippen molar-refractivity contribution in [1.29, 1.82) is 0 Å². The van der Waals surface area contributed by atoms with E-state index < -0.39 is 0 Å². The summed E-state index contributed by atoms with van der Waals surface area (Å²) in [5, 5.41) is 0. The monoisotopic (exact) mass is 192 g/mol. The van der Waals surface area contributed by atoms with E-state index in [4.69, 9.17) is 0 Å². The summed E-state index contributed by atoms with van der Waals surface area (Å²) in [6.45, 7) is 2.25. The van der Waals surface area contributed by atoms with E-state index in [-0.39, 0.29) is 0 Å². The van der Waals surface area contributed by atoms with Gasteiger partial charge in [-0.05, 0) is 67.7 Å². The third-order valence-electron chi connectivity index (χ3n) is 2.90. The van der Waals surface area contributed by atoms with Gasteiger partial charge >= 0.3 is 0 Å². The van der Waals surface area contributed by atoms with Gasteiger partial charge < -0.3 is 0 Å².